The Morgan fingerprint density at radius 1 is 1.10 bits per heavy atom. The largest absolute Gasteiger partial charge is 0.328 e. The van der Waals surface area contributed by atoms with E-state index in [1.165, 1.54) is 11.1 Å². The molecule has 106 valence electrons. The van der Waals surface area contributed by atoms with Crippen molar-refractivity contribution in [2.45, 2.75) is 33.2 Å². The minimum Gasteiger partial charge on any atom is -0.328 e. The van der Waals surface area contributed by atoms with Crippen molar-refractivity contribution in [2.24, 2.45) is 5.73 Å². The van der Waals surface area contributed by atoms with Gasteiger partial charge in [-0.3, -0.25) is 0 Å². The molecular weight excluding hydrogens is 248 g/mol. The molecule has 0 saturated heterocycles. The summed E-state index contributed by atoms with van der Waals surface area (Å²) in [6, 6.07) is 6.55. The van der Waals surface area contributed by atoms with Gasteiger partial charge in [-0.15, -0.1) is 0 Å². The van der Waals surface area contributed by atoms with E-state index in [1.807, 2.05) is 31.3 Å². The summed E-state index contributed by atoms with van der Waals surface area (Å²) in [6.45, 7) is 6.17. The quantitative estimate of drug-likeness (QED) is 0.928. The van der Waals surface area contributed by atoms with E-state index < -0.39 is 0 Å². The SMILES string of the molecule is Cc1cc(C)cc(N(C)c2ncc(CC(C)N)cn2)c1. The highest BCUT2D eigenvalue weighted by Gasteiger charge is 2.08. The molecule has 4 heteroatoms. The highest BCUT2D eigenvalue weighted by molar-refractivity contribution is 5.58. The van der Waals surface area contributed by atoms with Crippen molar-refractivity contribution < 1.29 is 0 Å². The molecule has 1 aromatic carbocycles. The topological polar surface area (TPSA) is 55.0 Å². The van der Waals surface area contributed by atoms with Gasteiger partial charge in [-0.1, -0.05) is 6.07 Å². The zero-order valence-electron chi connectivity index (χ0n) is 12.6. The zero-order chi connectivity index (χ0) is 14.7. The summed E-state index contributed by atoms with van der Waals surface area (Å²) in [5, 5.41) is 0. The molecule has 2 rings (SSSR count). The molecule has 1 atom stereocenters. The van der Waals surface area contributed by atoms with Gasteiger partial charge in [-0.25, -0.2) is 9.97 Å². The molecule has 4 nitrogen and oxygen atoms in total. The molecule has 0 saturated carbocycles. The number of aromatic nitrogens is 2. The van der Waals surface area contributed by atoms with Gasteiger partial charge in [0.2, 0.25) is 5.95 Å². The number of nitrogens with two attached hydrogens (primary N) is 1. The molecule has 2 aromatic rings. The predicted molar refractivity (Wildman–Crippen MR) is 83.4 cm³/mol. The second-order valence-corrected chi connectivity index (χ2v) is 5.48. The van der Waals surface area contributed by atoms with E-state index in [0.717, 1.165) is 17.7 Å². The first-order chi connectivity index (χ1) is 9.45. The summed E-state index contributed by atoms with van der Waals surface area (Å²) in [5.41, 5.74) is 10.4. The van der Waals surface area contributed by atoms with Gasteiger partial charge < -0.3 is 10.6 Å². The maximum atomic E-state index is 5.78. The molecule has 1 unspecified atom stereocenters. The molecule has 1 heterocycles. The Balaban J connectivity index is 2.22. The van der Waals surface area contributed by atoms with Crippen LogP contribution in [0, 0.1) is 13.8 Å². The van der Waals surface area contributed by atoms with Crippen LogP contribution in [-0.4, -0.2) is 23.1 Å². The lowest BCUT2D eigenvalue weighted by Crippen LogP contribution is -2.19. The molecule has 0 aliphatic rings. The first-order valence-electron chi connectivity index (χ1n) is 6.84. The highest BCUT2D eigenvalue weighted by Crippen LogP contribution is 2.22. The van der Waals surface area contributed by atoms with E-state index in [0.29, 0.717) is 5.95 Å². The van der Waals surface area contributed by atoms with Crippen LogP contribution in [0.3, 0.4) is 0 Å². The van der Waals surface area contributed by atoms with Gasteiger partial charge in [-0.2, -0.15) is 0 Å². The molecule has 0 fully saturated rings. The fraction of sp³-hybridized carbons (Fsp3) is 0.375. The van der Waals surface area contributed by atoms with Crippen LogP contribution < -0.4 is 10.6 Å². The van der Waals surface area contributed by atoms with Crippen LogP contribution >= 0.6 is 0 Å². The number of hydrogen-bond acceptors (Lipinski definition) is 4. The van der Waals surface area contributed by atoms with E-state index in [2.05, 4.69) is 42.0 Å². The van der Waals surface area contributed by atoms with Crippen molar-refractivity contribution in [1.29, 1.82) is 0 Å². The van der Waals surface area contributed by atoms with Gasteiger partial charge in [0.25, 0.3) is 0 Å². The predicted octanol–water partition coefficient (Wildman–Crippen LogP) is 2.75. The fourth-order valence-corrected chi connectivity index (χ4v) is 2.26. The number of anilines is 2. The fourth-order valence-electron chi connectivity index (χ4n) is 2.26. The Kier molecular flexibility index (Phi) is 4.35. The summed E-state index contributed by atoms with van der Waals surface area (Å²) in [6.07, 6.45) is 4.50. The third-order valence-electron chi connectivity index (χ3n) is 3.14. The Morgan fingerprint density at radius 2 is 1.65 bits per heavy atom. The summed E-state index contributed by atoms with van der Waals surface area (Å²) >= 11 is 0. The lowest BCUT2D eigenvalue weighted by atomic mass is 10.1. The summed E-state index contributed by atoms with van der Waals surface area (Å²) in [7, 11) is 1.98. The monoisotopic (exact) mass is 270 g/mol. The summed E-state index contributed by atoms with van der Waals surface area (Å²) in [5.74, 6) is 0.698. The Morgan fingerprint density at radius 3 is 2.15 bits per heavy atom. The van der Waals surface area contributed by atoms with Gasteiger partial charge in [0, 0.05) is 31.2 Å². The van der Waals surface area contributed by atoms with E-state index in [1.54, 1.807) is 0 Å². The smallest absolute Gasteiger partial charge is 0.229 e. The lowest BCUT2D eigenvalue weighted by Gasteiger charge is -2.18. The molecular formula is C16H22N4. The molecule has 0 bridgehead atoms. The molecule has 0 aliphatic heterocycles. The van der Waals surface area contributed by atoms with E-state index in [-0.39, 0.29) is 6.04 Å². The standard InChI is InChI=1S/C16H22N4/c1-11-5-12(2)7-15(6-11)20(4)16-18-9-14(10-19-16)8-13(3)17/h5-7,9-10,13H,8,17H2,1-4H3. The maximum Gasteiger partial charge on any atom is 0.229 e. The van der Waals surface area contributed by atoms with Crippen LogP contribution in [0.2, 0.25) is 0 Å². The van der Waals surface area contributed by atoms with Crippen molar-refractivity contribution in [2.75, 3.05) is 11.9 Å². The van der Waals surface area contributed by atoms with Crippen LogP contribution in [0.25, 0.3) is 0 Å². The van der Waals surface area contributed by atoms with Crippen LogP contribution in [0.1, 0.15) is 23.6 Å². The molecule has 0 spiro atoms. The third kappa shape index (κ3) is 3.54. The maximum absolute atomic E-state index is 5.78. The molecule has 0 amide bonds. The third-order valence-corrected chi connectivity index (χ3v) is 3.14. The van der Waals surface area contributed by atoms with Crippen molar-refractivity contribution in [3.05, 3.63) is 47.3 Å². The van der Waals surface area contributed by atoms with Gasteiger partial charge >= 0.3 is 0 Å². The Bertz CT molecular complexity index is 555. The van der Waals surface area contributed by atoms with Crippen molar-refractivity contribution in [1.82, 2.24) is 9.97 Å². The average molecular weight is 270 g/mol. The minimum absolute atomic E-state index is 0.126. The molecule has 0 radical (unpaired) electrons. The van der Waals surface area contributed by atoms with Crippen molar-refractivity contribution in [3.63, 3.8) is 0 Å². The summed E-state index contributed by atoms with van der Waals surface area (Å²) < 4.78 is 0. The van der Waals surface area contributed by atoms with Gasteiger partial charge in [-0.05, 0) is 56.0 Å². The first-order valence-corrected chi connectivity index (χ1v) is 6.84. The van der Waals surface area contributed by atoms with Crippen molar-refractivity contribution in [3.8, 4) is 0 Å². The summed E-state index contributed by atoms with van der Waals surface area (Å²) in [4.78, 5) is 10.8. The van der Waals surface area contributed by atoms with Gasteiger partial charge in [0.05, 0.1) is 0 Å². The van der Waals surface area contributed by atoms with Gasteiger partial charge in [0.1, 0.15) is 0 Å². The molecule has 0 aliphatic carbocycles. The number of rotatable bonds is 4. The second kappa shape index (κ2) is 6.01. The van der Waals surface area contributed by atoms with E-state index in [4.69, 9.17) is 5.73 Å². The number of benzene rings is 1. The molecule has 2 N–H and O–H groups in total. The normalized spacial score (nSPS) is 12.2. The zero-order valence-corrected chi connectivity index (χ0v) is 12.6. The lowest BCUT2D eigenvalue weighted by molar-refractivity contribution is 0.732. The Hall–Kier alpha value is -1.94. The van der Waals surface area contributed by atoms with E-state index in [9.17, 15) is 0 Å². The van der Waals surface area contributed by atoms with Crippen LogP contribution in [0.5, 0.6) is 0 Å². The van der Waals surface area contributed by atoms with Gasteiger partial charge in [0.15, 0.2) is 0 Å². The van der Waals surface area contributed by atoms with Crippen molar-refractivity contribution >= 4 is 11.6 Å². The number of aryl methyl sites for hydroxylation is 2. The average Bonchev–Trinajstić information content (AvgIpc) is 2.37. The van der Waals surface area contributed by atoms with Crippen LogP contribution in [0.15, 0.2) is 30.6 Å². The minimum atomic E-state index is 0.126. The number of hydrogen-bond donors (Lipinski definition) is 1. The Labute approximate surface area is 120 Å². The van der Waals surface area contributed by atoms with Crippen LogP contribution in [-0.2, 0) is 6.42 Å². The van der Waals surface area contributed by atoms with Crippen LogP contribution in [0.4, 0.5) is 11.6 Å². The molecule has 20 heavy (non-hydrogen) atoms. The van der Waals surface area contributed by atoms with E-state index >= 15 is 0 Å². The first kappa shape index (κ1) is 14.5. The molecule has 1 aromatic heterocycles. The number of nitrogens with zero attached hydrogens (tertiary/aromatic N) is 3. The highest BCUT2D eigenvalue weighted by atomic mass is 15.2. The second-order valence-electron chi connectivity index (χ2n) is 5.48.